The predicted octanol–water partition coefficient (Wildman–Crippen LogP) is 2.50. The Morgan fingerprint density at radius 2 is 2.24 bits per heavy atom. The number of urea groups is 1. The molecule has 1 saturated heterocycles. The number of ether oxygens (including phenoxy) is 1. The number of nitrogens with zero attached hydrogens (tertiary/aromatic N) is 1. The Morgan fingerprint density at radius 3 is 2.90 bits per heavy atom. The van der Waals surface area contributed by atoms with Crippen molar-refractivity contribution in [2.75, 3.05) is 20.2 Å². The molecule has 2 fully saturated rings. The van der Waals surface area contributed by atoms with Crippen molar-refractivity contribution in [3.8, 4) is 0 Å². The van der Waals surface area contributed by atoms with E-state index in [9.17, 15) is 9.18 Å². The lowest BCUT2D eigenvalue weighted by molar-refractivity contribution is 0.109. The maximum absolute atomic E-state index is 13.2. The molecule has 1 aromatic carbocycles. The molecule has 2 aliphatic rings. The average Bonchev–Trinajstić information content (AvgIpc) is 2.91. The zero-order valence-corrected chi connectivity index (χ0v) is 12.2. The Labute approximate surface area is 124 Å². The van der Waals surface area contributed by atoms with Crippen LogP contribution in [0.1, 0.15) is 30.7 Å². The number of likely N-dealkylation sites (tertiary alicyclic amines) is 1. The van der Waals surface area contributed by atoms with Crippen molar-refractivity contribution in [2.45, 2.75) is 37.3 Å². The smallest absolute Gasteiger partial charge is 0.317 e. The van der Waals surface area contributed by atoms with Crippen LogP contribution in [0.25, 0.3) is 0 Å². The fourth-order valence-electron chi connectivity index (χ4n) is 3.14. The molecule has 4 nitrogen and oxygen atoms in total. The van der Waals surface area contributed by atoms with E-state index in [1.807, 2.05) is 11.0 Å². The van der Waals surface area contributed by atoms with E-state index in [4.69, 9.17) is 4.74 Å². The summed E-state index contributed by atoms with van der Waals surface area (Å²) in [6.07, 6.45) is 2.84. The normalized spacial score (nSPS) is 28.3. The van der Waals surface area contributed by atoms with Gasteiger partial charge in [-0.1, -0.05) is 12.1 Å². The van der Waals surface area contributed by atoms with E-state index in [1.54, 1.807) is 19.2 Å². The lowest BCUT2D eigenvalue weighted by Crippen LogP contribution is -2.48. The summed E-state index contributed by atoms with van der Waals surface area (Å²) in [6.45, 7) is 1.42. The van der Waals surface area contributed by atoms with Gasteiger partial charge < -0.3 is 15.0 Å². The van der Waals surface area contributed by atoms with Gasteiger partial charge in [-0.15, -0.1) is 0 Å². The molecule has 1 heterocycles. The molecule has 1 atom stereocenters. The second-order valence-corrected chi connectivity index (χ2v) is 5.96. The van der Waals surface area contributed by atoms with Crippen molar-refractivity contribution < 1.29 is 13.9 Å². The van der Waals surface area contributed by atoms with Crippen LogP contribution in [0.2, 0.25) is 0 Å². The Morgan fingerprint density at radius 1 is 1.43 bits per heavy atom. The van der Waals surface area contributed by atoms with Crippen LogP contribution in [-0.4, -0.2) is 43.3 Å². The number of carbonyl (C=O) groups is 1. The number of carbonyl (C=O) groups excluding carboxylic acids is 1. The van der Waals surface area contributed by atoms with Gasteiger partial charge in [0.15, 0.2) is 0 Å². The van der Waals surface area contributed by atoms with Crippen molar-refractivity contribution in [2.24, 2.45) is 0 Å². The van der Waals surface area contributed by atoms with E-state index in [-0.39, 0.29) is 24.0 Å². The summed E-state index contributed by atoms with van der Waals surface area (Å²) in [5.74, 6) is 0.166. The first-order chi connectivity index (χ1) is 10.2. The molecule has 0 bridgehead atoms. The fourth-order valence-corrected chi connectivity index (χ4v) is 3.14. The third-order valence-electron chi connectivity index (χ3n) is 4.55. The number of hydrogen-bond donors (Lipinski definition) is 1. The lowest BCUT2D eigenvalue weighted by atomic mass is 9.76. The number of nitrogens with one attached hydrogen (secondary N) is 1. The molecule has 21 heavy (non-hydrogen) atoms. The van der Waals surface area contributed by atoms with Gasteiger partial charge in [-0.3, -0.25) is 0 Å². The zero-order valence-electron chi connectivity index (χ0n) is 12.2. The molecular formula is C16H21FN2O2. The van der Waals surface area contributed by atoms with Gasteiger partial charge in [-0.25, -0.2) is 9.18 Å². The van der Waals surface area contributed by atoms with E-state index >= 15 is 0 Å². The van der Waals surface area contributed by atoms with Crippen molar-refractivity contribution >= 4 is 6.03 Å². The van der Waals surface area contributed by atoms with Crippen LogP contribution in [0, 0.1) is 5.82 Å². The highest BCUT2D eigenvalue weighted by Gasteiger charge is 2.34. The quantitative estimate of drug-likeness (QED) is 0.930. The van der Waals surface area contributed by atoms with Crippen LogP contribution in [0.15, 0.2) is 24.3 Å². The summed E-state index contributed by atoms with van der Waals surface area (Å²) < 4.78 is 18.4. The Hall–Kier alpha value is -1.62. The summed E-state index contributed by atoms with van der Waals surface area (Å²) in [5, 5.41) is 3.05. The second-order valence-electron chi connectivity index (χ2n) is 5.96. The molecule has 1 aliphatic carbocycles. The molecule has 114 valence electrons. The van der Waals surface area contributed by atoms with Crippen LogP contribution in [0.5, 0.6) is 0 Å². The minimum Gasteiger partial charge on any atom is -0.380 e. The molecule has 2 amide bonds. The number of halogens is 1. The monoisotopic (exact) mass is 292 g/mol. The molecule has 5 heteroatoms. The minimum absolute atomic E-state index is 0.00255. The Balaban J connectivity index is 1.46. The number of benzene rings is 1. The standard InChI is InChI=1S/C16H21FN2O2/c1-21-15-5-6-19(10-15)16(20)18-14-8-12(9-14)11-3-2-4-13(17)7-11/h2-4,7,12,14-15H,5-6,8-10H2,1H3,(H,18,20)/t12?,14?,15-/m1/s1. The highest BCUT2D eigenvalue weighted by Crippen LogP contribution is 2.37. The Bertz CT molecular complexity index is 517. The highest BCUT2D eigenvalue weighted by molar-refractivity contribution is 5.75. The molecule has 0 radical (unpaired) electrons. The summed E-state index contributed by atoms with van der Waals surface area (Å²) in [7, 11) is 1.68. The Kier molecular flexibility index (Phi) is 4.10. The molecular weight excluding hydrogens is 271 g/mol. The van der Waals surface area contributed by atoms with Crippen LogP contribution >= 0.6 is 0 Å². The highest BCUT2D eigenvalue weighted by atomic mass is 19.1. The van der Waals surface area contributed by atoms with E-state index in [0.717, 1.165) is 31.4 Å². The molecule has 1 N–H and O–H groups in total. The van der Waals surface area contributed by atoms with Crippen molar-refractivity contribution in [3.05, 3.63) is 35.6 Å². The summed E-state index contributed by atoms with van der Waals surface area (Å²) in [4.78, 5) is 13.9. The third-order valence-corrected chi connectivity index (χ3v) is 4.55. The molecule has 3 rings (SSSR count). The van der Waals surface area contributed by atoms with E-state index in [0.29, 0.717) is 12.5 Å². The van der Waals surface area contributed by atoms with Gasteiger partial charge in [0.2, 0.25) is 0 Å². The molecule has 1 saturated carbocycles. The van der Waals surface area contributed by atoms with Gasteiger partial charge in [-0.2, -0.15) is 0 Å². The number of methoxy groups -OCH3 is 1. The SMILES string of the molecule is CO[C@@H]1CCN(C(=O)NC2CC(c3cccc(F)c3)C2)C1. The molecule has 1 aliphatic heterocycles. The van der Waals surface area contributed by atoms with Crippen LogP contribution in [0.4, 0.5) is 9.18 Å². The van der Waals surface area contributed by atoms with Crippen LogP contribution in [-0.2, 0) is 4.74 Å². The van der Waals surface area contributed by atoms with Gasteiger partial charge in [0.1, 0.15) is 5.82 Å². The maximum atomic E-state index is 13.2. The van der Waals surface area contributed by atoms with Gasteiger partial charge in [0.05, 0.1) is 6.10 Å². The fraction of sp³-hybridized carbons (Fsp3) is 0.562. The van der Waals surface area contributed by atoms with E-state index in [2.05, 4.69) is 5.32 Å². The zero-order chi connectivity index (χ0) is 14.8. The van der Waals surface area contributed by atoms with Crippen LogP contribution < -0.4 is 5.32 Å². The van der Waals surface area contributed by atoms with E-state index in [1.165, 1.54) is 6.07 Å². The minimum atomic E-state index is -0.192. The van der Waals surface area contributed by atoms with Gasteiger partial charge in [-0.05, 0) is 42.9 Å². The number of amides is 2. The topological polar surface area (TPSA) is 41.6 Å². The molecule has 0 aromatic heterocycles. The summed E-state index contributed by atoms with van der Waals surface area (Å²) in [5.41, 5.74) is 1.03. The third kappa shape index (κ3) is 3.18. The van der Waals surface area contributed by atoms with Gasteiger partial charge in [0, 0.05) is 26.2 Å². The average molecular weight is 292 g/mol. The molecule has 1 aromatic rings. The van der Waals surface area contributed by atoms with Crippen molar-refractivity contribution in [3.63, 3.8) is 0 Å². The van der Waals surface area contributed by atoms with Gasteiger partial charge in [0.25, 0.3) is 0 Å². The molecule has 0 spiro atoms. The first-order valence-corrected chi connectivity index (χ1v) is 7.49. The largest absolute Gasteiger partial charge is 0.380 e. The predicted molar refractivity (Wildman–Crippen MR) is 77.7 cm³/mol. The van der Waals surface area contributed by atoms with Crippen molar-refractivity contribution in [1.29, 1.82) is 0 Å². The summed E-state index contributed by atoms with van der Waals surface area (Å²) in [6, 6.07) is 6.94. The summed E-state index contributed by atoms with van der Waals surface area (Å²) >= 11 is 0. The first kappa shape index (κ1) is 14.3. The van der Waals surface area contributed by atoms with Gasteiger partial charge >= 0.3 is 6.03 Å². The lowest BCUT2D eigenvalue weighted by Gasteiger charge is -2.37. The van der Waals surface area contributed by atoms with E-state index < -0.39 is 0 Å². The molecule has 0 unspecified atom stereocenters. The second kappa shape index (κ2) is 6.02. The maximum Gasteiger partial charge on any atom is 0.317 e. The number of rotatable bonds is 3. The number of hydrogen-bond acceptors (Lipinski definition) is 2. The van der Waals surface area contributed by atoms with Crippen molar-refractivity contribution in [1.82, 2.24) is 10.2 Å². The first-order valence-electron chi connectivity index (χ1n) is 7.49. The van der Waals surface area contributed by atoms with Crippen LogP contribution in [0.3, 0.4) is 0 Å².